The Hall–Kier alpha value is -1.13. The van der Waals surface area contributed by atoms with Crippen molar-refractivity contribution in [1.82, 2.24) is 4.90 Å². The van der Waals surface area contributed by atoms with Gasteiger partial charge in [-0.1, -0.05) is 18.6 Å². The van der Waals surface area contributed by atoms with Gasteiger partial charge in [-0.25, -0.2) is 0 Å². The zero-order valence-electron chi connectivity index (χ0n) is 12.1. The van der Waals surface area contributed by atoms with E-state index in [1.54, 1.807) is 0 Å². The first-order chi connectivity index (χ1) is 9.65. The molecular formula is C16H23N3S. The SMILES string of the molecule is Cc1cc(N2CCN3CCCCC3C2)ccc1C(N)=S. The van der Waals surface area contributed by atoms with Crippen molar-refractivity contribution in [1.29, 1.82) is 0 Å². The zero-order chi connectivity index (χ0) is 14.1. The highest BCUT2D eigenvalue weighted by atomic mass is 32.1. The maximum atomic E-state index is 5.74. The van der Waals surface area contributed by atoms with E-state index in [0.717, 1.165) is 24.7 Å². The molecule has 108 valence electrons. The van der Waals surface area contributed by atoms with Crippen LogP contribution in [0.3, 0.4) is 0 Å². The largest absolute Gasteiger partial charge is 0.389 e. The minimum Gasteiger partial charge on any atom is -0.389 e. The number of fused-ring (bicyclic) bond motifs is 1. The monoisotopic (exact) mass is 289 g/mol. The van der Waals surface area contributed by atoms with Crippen molar-refractivity contribution in [3.8, 4) is 0 Å². The molecule has 3 nitrogen and oxygen atoms in total. The van der Waals surface area contributed by atoms with Crippen LogP contribution in [0.5, 0.6) is 0 Å². The maximum absolute atomic E-state index is 5.74. The van der Waals surface area contributed by atoms with E-state index in [2.05, 4.69) is 34.9 Å². The first-order valence-corrected chi connectivity index (χ1v) is 7.95. The van der Waals surface area contributed by atoms with Crippen LogP contribution in [0.15, 0.2) is 18.2 Å². The van der Waals surface area contributed by atoms with Crippen molar-refractivity contribution in [2.45, 2.75) is 32.2 Å². The summed E-state index contributed by atoms with van der Waals surface area (Å²) < 4.78 is 0. The second-order valence-electron chi connectivity index (χ2n) is 6.00. The van der Waals surface area contributed by atoms with E-state index < -0.39 is 0 Å². The van der Waals surface area contributed by atoms with Crippen molar-refractivity contribution in [2.24, 2.45) is 5.73 Å². The van der Waals surface area contributed by atoms with Crippen LogP contribution in [0, 0.1) is 6.92 Å². The molecule has 2 saturated heterocycles. The highest BCUT2D eigenvalue weighted by Gasteiger charge is 2.28. The summed E-state index contributed by atoms with van der Waals surface area (Å²) in [6.07, 6.45) is 4.10. The predicted octanol–water partition coefficient (Wildman–Crippen LogP) is 2.30. The van der Waals surface area contributed by atoms with Gasteiger partial charge >= 0.3 is 0 Å². The molecule has 20 heavy (non-hydrogen) atoms. The summed E-state index contributed by atoms with van der Waals surface area (Å²) >= 11 is 5.08. The number of thiocarbonyl (C=S) groups is 1. The molecule has 2 N–H and O–H groups in total. The summed E-state index contributed by atoms with van der Waals surface area (Å²) in [5.74, 6) is 0. The van der Waals surface area contributed by atoms with Crippen molar-refractivity contribution in [3.05, 3.63) is 29.3 Å². The quantitative estimate of drug-likeness (QED) is 0.847. The van der Waals surface area contributed by atoms with Crippen molar-refractivity contribution >= 4 is 22.9 Å². The lowest BCUT2D eigenvalue weighted by Gasteiger charge is -2.45. The van der Waals surface area contributed by atoms with Crippen LogP contribution < -0.4 is 10.6 Å². The fourth-order valence-electron chi connectivity index (χ4n) is 3.51. The van der Waals surface area contributed by atoms with Crippen LogP contribution in [0.1, 0.15) is 30.4 Å². The second kappa shape index (κ2) is 5.70. The van der Waals surface area contributed by atoms with Gasteiger partial charge in [0.2, 0.25) is 0 Å². The van der Waals surface area contributed by atoms with Gasteiger partial charge in [0.1, 0.15) is 4.99 Å². The molecule has 2 heterocycles. The van der Waals surface area contributed by atoms with Crippen molar-refractivity contribution < 1.29 is 0 Å². The zero-order valence-corrected chi connectivity index (χ0v) is 13.0. The molecule has 0 bridgehead atoms. The number of nitrogens with two attached hydrogens (primary N) is 1. The molecule has 3 rings (SSSR count). The van der Waals surface area contributed by atoms with Crippen LogP contribution in [-0.4, -0.2) is 42.1 Å². The highest BCUT2D eigenvalue weighted by Crippen LogP contribution is 2.26. The van der Waals surface area contributed by atoms with Crippen LogP contribution >= 0.6 is 12.2 Å². The molecule has 0 radical (unpaired) electrons. The Labute approximate surface area is 126 Å². The van der Waals surface area contributed by atoms with Gasteiger partial charge in [0.25, 0.3) is 0 Å². The van der Waals surface area contributed by atoms with Gasteiger partial charge in [-0.3, -0.25) is 4.90 Å². The summed E-state index contributed by atoms with van der Waals surface area (Å²) in [4.78, 5) is 5.67. The molecule has 0 amide bonds. The van der Waals surface area contributed by atoms with E-state index >= 15 is 0 Å². The van der Waals surface area contributed by atoms with Crippen LogP contribution in [0.2, 0.25) is 0 Å². The van der Waals surface area contributed by atoms with Gasteiger partial charge in [-0.15, -0.1) is 0 Å². The van der Waals surface area contributed by atoms with Crippen LogP contribution in [-0.2, 0) is 0 Å². The topological polar surface area (TPSA) is 32.5 Å². The molecular weight excluding hydrogens is 266 g/mol. The summed E-state index contributed by atoms with van der Waals surface area (Å²) in [6.45, 7) is 6.86. The Bertz CT molecular complexity index is 514. The molecule has 0 saturated carbocycles. The van der Waals surface area contributed by atoms with Crippen molar-refractivity contribution in [3.63, 3.8) is 0 Å². The molecule has 1 aromatic carbocycles. The highest BCUT2D eigenvalue weighted by molar-refractivity contribution is 7.80. The summed E-state index contributed by atoms with van der Waals surface area (Å²) in [5.41, 5.74) is 9.24. The second-order valence-corrected chi connectivity index (χ2v) is 6.43. The molecule has 2 aliphatic heterocycles. The summed E-state index contributed by atoms with van der Waals surface area (Å²) in [7, 11) is 0. The third kappa shape index (κ3) is 2.67. The first-order valence-electron chi connectivity index (χ1n) is 7.54. The van der Waals surface area contributed by atoms with E-state index in [4.69, 9.17) is 18.0 Å². The van der Waals surface area contributed by atoms with Crippen molar-refractivity contribution in [2.75, 3.05) is 31.1 Å². The van der Waals surface area contributed by atoms with Gasteiger partial charge < -0.3 is 10.6 Å². The molecule has 0 spiro atoms. The van der Waals surface area contributed by atoms with Gasteiger partial charge in [0, 0.05) is 36.9 Å². The number of aryl methyl sites for hydroxylation is 1. The van der Waals surface area contributed by atoms with Gasteiger partial charge in [0.15, 0.2) is 0 Å². The van der Waals surface area contributed by atoms with E-state index in [0.29, 0.717) is 4.99 Å². The summed E-state index contributed by atoms with van der Waals surface area (Å²) in [6, 6.07) is 7.21. The number of hydrogen-bond acceptors (Lipinski definition) is 3. The number of piperazine rings is 1. The van der Waals surface area contributed by atoms with E-state index in [9.17, 15) is 0 Å². The third-order valence-electron chi connectivity index (χ3n) is 4.68. The Morgan fingerprint density at radius 3 is 2.85 bits per heavy atom. The lowest BCUT2D eigenvalue weighted by atomic mass is 9.98. The molecule has 4 heteroatoms. The number of benzene rings is 1. The standard InChI is InChI=1S/C16H23N3S/c1-12-10-13(5-6-15(12)16(17)20)19-9-8-18-7-3-2-4-14(18)11-19/h5-6,10,14H,2-4,7-9,11H2,1H3,(H2,17,20). The Kier molecular flexibility index (Phi) is 3.94. The first kappa shape index (κ1) is 13.8. The molecule has 1 aromatic rings. The van der Waals surface area contributed by atoms with E-state index in [-0.39, 0.29) is 0 Å². The molecule has 0 aliphatic carbocycles. The molecule has 2 fully saturated rings. The maximum Gasteiger partial charge on any atom is 0.104 e. The number of anilines is 1. The third-order valence-corrected chi connectivity index (χ3v) is 4.90. The normalized spacial score (nSPS) is 23.4. The minimum absolute atomic E-state index is 0.492. The summed E-state index contributed by atoms with van der Waals surface area (Å²) in [5, 5.41) is 0. The average molecular weight is 289 g/mol. The molecule has 0 aromatic heterocycles. The predicted molar refractivity (Wildman–Crippen MR) is 88.5 cm³/mol. The fraction of sp³-hybridized carbons (Fsp3) is 0.562. The Morgan fingerprint density at radius 2 is 2.10 bits per heavy atom. The molecule has 2 aliphatic rings. The van der Waals surface area contributed by atoms with E-state index in [1.807, 2.05) is 0 Å². The van der Waals surface area contributed by atoms with Crippen LogP contribution in [0.25, 0.3) is 0 Å². The molecule has 1 atom stereocenters. The van der Waals surface area contributed by atoms with Gasteiger partial charge in [-0.05, 0) is 50.1 Å². The number of nitrogens with zero attached hydrogens (tertiary/aromatic N) is 2. The van der Waals surface area contributed by atoms with E-state index in [1.165, 1.54) is 43.6 Å². The Morgan fingerprint density at radius 1 is 1.25 bits per heavy atom. The number of piperidine rings is 1. The van der Waals surface area contributed by atoms with Gasteiger partial charge in [0.05, 0.1) is 0 Å². The minimum atomic E-state index is 0.492. The Balaban J connectivity index is 1.76. The number of rotatable bonds is 2. The fourth-order valence-corrected chi connectivity index (χ4v) is 3.74. The lowest BCUT2D eigenvalue weighted by Crippen LogP contribution is -2.54. The van der Waals surface area contributed by atoms with Crippen LogP contribution in [0.4, 0.5) is 5.69 Å². The van der Waals surface area contributed by atoms with Gasteiger partial charge in [-0.2, -0.15) is 0 Å². The average Bonchev–Trinajstić information content (AvgIpc) is 2.46. The lowest BCUT2D eigenvalue weighted by molar-refractivity contribution is 0.133. The molecule has 1 unspecified atom stereocenters. The smallest absolute Gasteiger partial charge is 0.104 e. The number of hydrogen-bond donors (Lipinski definition) is 1.